The van der Waals surface area contributed by atoms with Gasteiger partial charge in [-0.1, -0.05) is 19.8 Å². The lowest BCUT2D eigenvalue weighted by atomic mass is 9.91. The molecule has 0 bridgehead atoms. The second-order valence-corrected chi connectivity index (χ2v) is 7.42. The summed E-state index contributed by atoms with van der Waals surface area (Å²) in [6.07, 6.45) is 4.01. The summed E-state index contributed by atoms with van der Waals surface area (Å²) < 4.78 is 25.8. The van der Waals surface area contributed by atoms with Gasteiger partial charge in [-0.25, -0.2) is 4.39 Å². The van der Waals surface area contributed by atoms with Crippen LogP contribution in [-0.4, -0.2) is 21.1 Å². The fraction of sp³-hybridized carbons (Fsp3) is 0.533. The standard InChI is InChI=1S/C15H21FN2O2S/c1-10-3-2-4-12(7-10)21(20)9-15(19)18-14-8-11(17)5-6-13(14)16/h5-6,8,10,12H,2-4,7,9,17H2,1H3,(H,18,19). The minimum Gasteiger partial charge on any atom is -0.399 e. The van der Waals surface area contributed by atoms with E-state index in [1.165, 1.54) is 18.2 Å². The number of anilines is 2. The minimum atomic E-state index is -1.21. The van der Waals surface area contributed by atoms with E-state index in [0.717, 1.165) is 25.7 Å². The highest BCUT2D eigenvalue weighted by molar-refractivity contribution is 7.86. The lowest BCUT2D eigenvalue weighted by Gasteiger charge is -2.25. The Bertz CT molecular complexity index is 550. The summed E-state index contributed by atoms with van der Waals surface area (Å²) in [5.41, 5.74) is 5.96. The molecule has 116 valence electrons. The Labute approximate surface area is 126 Å². The second-order valence-electron chi connectivity index (χ2n) is 5.71. The number of carbonyl (C=O) groups is 1. The molecule has 1 aromatic rings. The van der Waals surface area contributed by atoms with E-state index in [1.807, 2.05) is 0 Å². The average molecular weight is 312 g/mol. The Balaban J connectivity index is 1.92. The maximum Gasteiger partial charge on any atom is 0.237 e. The van der Waals surface area contributed by atoms with Crippen LogP contribution in [0.5, 0.6) is 0 Å². The molecule has 1 aromatic carbocycles. The third-order valence-corrected chi connectivity index (χ3v) is 5.52. The number of benzene rings is 1. The van der Waals surface area contributed by atoms with Crippen molar-refractivity contribution in [3.63, 3.8) is 0 Å². The molecule has 0 saturated heterocycles. The molecule has 21 heavy (non-hydrogen) atoms. The van der Waals surface area contributed by atoms with Crippen molar-refractivity contribution in [3.8, 4) is 0 Å². The van der Waals surface area contributed by atoms with Crippen LogP contribution in [-0.2, 0) is 15.6 Å². The largest absolute Gasteiger partial charge is 0.399 e. The quantitative estimate of drug-likeness (QED) is 0.840. The first-order chi connectivity index (χ1) is 9.95. The number of rotatable bonds is 4. The SMILES string of the molecule is CC1CCCC(S(=O)CC(=O)Nc2cc(N)ccc2F)C1. The summed E-state index contributed by atoms with van der Waals surface area (Å²) in [5, 5.41) is 2.52. The van der Waals surface area contributed by atoms with E-state index in [-0.39, 0.29) is 16.7 Å². The molecule has 1 amide bonds. The summed E-state index contributed by atoms with van der Waals surface area (Å²) in [7, 11) is -1.21. The van der Waals surface area contributed by atoms with Gasteiger partial charge in [0, 0.05) is 21.7 Å². The number of nitrogens with two attached hydrogens (primary N) is 1. The Kier molecular flexibility index (Phi) is 5.33. The van der Waals surface area contributed by atoms with E-state index in [0.29, 0.717) is 11.6 Å². The molecule has 3 atom stereocenters. The van der Waals surface area contributed by atoms with E-state index in [9.17, 15) is 13.4 Å². The molecule has 0 aromatic heterocycles. The van der Waals surface area contributed by atoms with Crippen LogP contribution in [0.2, 0.25) is 0 Å². The Hall–Kier alpha value is -1.43. The third-order valence-electron chi connectivity index (χ3n) is 3.80. The van der Waals surface area contributed by atoms with Gasteiger partial charge in [0.15, 0.2) is 0 Å². The fourth-order valence-electron chi connectivity index (χ4n) is 2.69. The smallest absolute Gasteiger partial charge is 0.237 e. The lowest BCUT2D eigenvalue weighted by Crippen LogP contribution is -2.29. The summed E-state index contributed by atoms with van der Waals surface area (Å²) in [4.78, 5) is 11.9. The van der Waals surface area contributed by atoms with Crippen molar-refractivity contribution < 1.29 is 13.4 Å². The maximum absolute atomic E-state index is 13.5. The zero-order chi connectivity index (χ0) is 15.4. The molecule has 3 N–H and O–H groups in total. The van der Waals surface area contributed by atoms with E-state index in [1.54, 1.807) is 0 Å². The molecule has 0 heterocycles. The van der Waals surface area contributed by atoms with Crippen molar-refractivity contribution in [2.45, 2.75) is 37.9 Å². The summed E-state index contributed by atoms with van der Waals surface area (Å²) in [6, 6.07) is 3.98. The summed E-state index contributed by atoms with van der Waals surface area (Å²) in [5.74, 6) is -0.515. The average Bonchev–Trinajstić information content (AvgIpc) is 2.42. The molecule has 0 spiro atoms. The molecule has 1 aliphatic carbocycles. The zero-order valence-corrected chi connectivity index (χ0v) is 12.9. The molecule has 1 saturated carbocycles. The molecule has 6 heteroatoms. The van der Waals surface area contributed by atoms with Crippen LogP contribution >= 0.6 is 0 Å². The van der Waals surface area contributed by atoms with Crippen LogP contribution in [0.25, 0.3) is 0 Å². The van der Waals surface area contributed by atoms with Crippen molar-refractivity contribution in [3.05, 3.63) is 24.0 Å². The van der Waals surface area contributed by atoms with Crippen molar-refractivity contribution in [2.24, 2.45) is 5.92 Å². The van der Waals surface area contributed by atoms with E-state index < -0.39 is 22.5 Å². The molecule has 2 rings (SSSR count). The van der Waals surface area contributed by atoms with Crippen molar-refractivity contribution in [1.29, 1.82) is 0 Å². The molecule has 1 aliphatic rings. The van der Waals surface area contributed by atoms with E-state index in [2.05, 4.69) is 12.2 Å². The topological polar surface area (TPSA) is 72.2 Å². The number of hydrogen-bond donors (Lipinski definition) is 2. The number of nitrogens with one attached hydrogen (secondary N) is 1. The maximum atomic E-state index is 13.5. The van der Waals surface area contributed by atoms with Crippen molar-refractivity contribution >= 4 is 28.1 Å². The predicted octanol–water partition coefficient (Wildman–Crippen LogP) is 2.67. The van der Waals surface area contributed by atoms with Gasteiger partial charge in [-0.05, 0) is 37.0 Å². The lowest BCUT2D eigenvalue weighted by molar-refractivity contribution is -0.113. The third kappa shape index (κ3) is 4.52. The summed E-state index contributed by atoms with van der Waals surface area (Å²) >= 11 is 0. The van der Waals surface area contributed by atoms with Crippen molar-refractivity contribution in [2.75, 3.05) is 16.8 Å². The fourth-order valence-corrected chi connectivity index (χ4v) is 4.23. The molecular weight excluding hydrogens is 291 g/mol. The normalized spacial score (nSPS) is 23.5. The first-order valence-electron chi connectivity index (χ1n) is 7.17. The highest BCUT2D eigenvalue weighted by Gasteiger charge is 2.25. The first-order valence-corrected chi connectivity index (χ1v) is 8.56. The summed E-state index contributed by atoms with van der Waals surface area (Å²) in [6.45, 7) is 2.14. The highest BCUT2D eigenvalue weighted by Crippen LogP contribution is 2.27. The van der Waals surface area contributed by atoms with Crippen LogP contribution in [0.3, 0.4) is 0 Å². The van der Waals surface area contributed by atoms with Crippen molar-refractivity contribution in [1.82, 2.24) is 0 Å². The van der Waals surface area contributed by atoms with Crippen LogP contribution in [0.4, 0.5) is 15.8 Å². The highest BCUT2D eigenvalue weighted by atomic mass is 32.2. The second kappa shape index (κ2) is 7.02. The molecule has 1 fully saturated rings. The first kappa shape index (κ1) is 15.9. The van der Waals surface area contributed by atoms with Crippen LogP contribution in [0.1, 0.15) is 32.6 Å². The minimum absolute atomic E-state index is 0.0361. The van der Waals surface area contributed by atoms with Gasteiger partial charge in [0.2, 0.25) is 5.91 Å². The van der Waals surface area contributed by atoms with Gasteiger partial charge in [-0.3, -0.25) is 9.00 Å². The number of nitrogen functional groups attached to an aromatic ring is 1. The van der Waals surface area contributed by atoms with Gasteiger partial charge in [0.1, 0.15) is 11.6 Å². The molecular formula is C15H21FN2O2S. The number of halogens is 1. The van der Waals surface area contributed by atoms with Gasteiger partial charge in [0.05, 0.1) is 5.69 Å². The Morgan fingerprint density at radius 2 is 2.24 bits per heavy atom. The predicted molar refractivity (Wildman–Crippen MR) is 83.9 cm³/mol. The monoisotopic (exact) mass is 312 g/mol. The molecule has 0 radical (unpaired) electrons. The van der Waals surface area contributed by atoms with Crippen LogP contribution in [0.15, 0.2) is 18.2 Å². The van der Waals surface area contributed by atoms with Gasteiger partial charge in [0.25, 0.3) is 0 Å². The number of carbonyl (C=O) groups excluding carboxylic acids is 1. The zero-order valence-electron chi connectivity index (χ0n) is 12.1. The number of hydrogen-bond acceptors (Lipinski definition) is 3. The molecule has 4 nitrogen and oxygen atoms in total. The number of amides is 1. The van der Waals surface area contributed by atoms with Gasteiger partial charge in [-0.15, -0.1) is 0 Å². The van der Waals surface area contributed by atoms with Gasteiger partial charge < -0.3 is 11.1 Å². The Morgan fingerprint density at radius 1 is 1.48 bits per heavy atom. The van der Waals surface area contributed by atoms with Gasteiger partial charge in [-0.2, -0.15) is 0 Å². The van der Waals surface area contributed by atoms with E-state index >= 15 is 0 Å². The van der Waals surface area contributed by atoms with Crippen LogP contribution < -0.4 is 11.1 Å². The molecule has 3 unspecified atom stereocenters. The molecule has 0 aliphatic heterocycles. The van der Waals surface area contributed by atoms with Crippen LogP contribution in [0, 0.1) is 11.7 Å². The van der Waals surface area contributed by atoms with Gasteiger partial charge >= 0.3 is 0 Å². The van der Waals surface area contributed by atoms with E-state index in [4.69, 9.17) is 5.73 Å². The Morgan fingerprint density at radius 3 is 2.95 bits per heavy atom.